The van der Waals surface area contributed by atoms with Gasteiger partial charge in [0.1, 0.15) is 0 Å². The summed E-state index contributed by atoms with van der Waals surface area (Å²) in [6.07, 6.45) is 4.59. The molecule has 0 unspecified atom stereocenters. The first-order valence-corrected chi connectivity index (χ1v) is 9.74. The summed E-state index contributed by atoms with van der Waals surface area (Å²) < 4.78 is 0. The van der Waals surface area contributed by atoms with Gasteiger partial charge in [0.2, 0.25) is 0 Å². The van der Waals surface area contributed by atoms with Crippen molar-refractivity contribution in [2.45, 2.75) is 51.2 Å². The summed E-state index contributed by atoms with van der Waals surface area (Å²) in [5, 5.41) is 0. The largest absolute Gasteiger partial charge is 0.348 e. The number of hydrogen-bond acceptors (Lipinski definition) is 3. The Hall–Kier alpha value is -1.65. The van der Waals surface area contributed by atoms with Crippen LogP contribution in [0.15, 0.2) is 30.6 Å². The number of aryl methyl sites for hydroxylation is 2. The average molecular weight is 336 g/mol. The third-order valence-electron chi connectivity index (χ3n) is 6.89. The van der Waals surface area contributed by atoms with Crippen LogP contribution in [-0.4, -0.2) is 51.5 Å². The van der Waals surface area contributed by atoms with Crippen LogP contribution in [0.25, 0.3) is 0 Å². The van der Waals surface area contributed by atoms with E-state index in [9.17, 15) is 0 Å². The number of aromatic nitrogens is 2. The second-order valence-electron chi connectivity index (χ2n) is 8.28. The molecule has 25 heavy (non-hydrogen) atoms. The topological polar surface area (TPSA) is 35.2 Å². The molecule has 1 aromatic heterocycles. The van der Waals surface area contributed by atoms with Crippen LogP contribution in [0.3, 0.4) is 0 Å². The molecular weight excluding hydrogens is 308 g/mol. The number of aromatic amines is 1. The Labute approximate surface area is 150 Å². The number of nitrogens with one attached hydrogen (secondary N) is 1. The zero-order valence-corrected chi connectivity index (χ0v) is 15.3. The maximum Gasteiger partial charge on any atom is 0.0925 e. The lowest BCUT2D eigenvalue weighted by Crippen LogP contribution is -2.60. The third-order valence-corrected chi connectivity index (χ3v) is 6.89. The second-order valence-corrected chi connectivity index (χ2v) is 8.28. The maximum absolute atomic E-state index is 4.58. The van der Waals surface area contributed by atoms with Crippen LogP contribution >= 0.6 is 0 Å². The van der Waals surface area contributed by atoms with Gasteiger partial charge >= 0.3 is 0 Å². The molecule has 2 aromatic rings. The van der Waals surface area contributed by atoms with Crippen molar-refractivity contribution < 1.29 is 0 Å². The number of imidazole rings is 1. The van der Waals surface area contributed by atoms with Crippen LogP contribution in [-0.2, 0) is 6.54 Å². The molecule has 2 bridgehead atoms. The Balaban J connectivity index is 1.48. The highest BCUT2D eigenvalue weighted by molar-refractivity contribution is 5.30. The molecular formula is C21H28N4. The van der Waals surface area contributed by atoms with Crippen molar-refractivity contribution in [1.82, 2.24) is 19.8 Å². The summed E-state index contributed by atoms with van der Waals surface area (Å²) >= 11 is 0. The second kappa shape index (κ2) is 5.96. The third kappa shape index (κ3) is 2.54. The number of likely N-dealkylation sites (tertiary alicyclic amines) is 1. The summed E-state index contributed by atoms with van der Waals surface area (Å²) in [4.78, 5) is 13.4. The lowest BCUT2D eigenvalue weighted by atomic mass is 9.75. The quantitative estimate of drug-likeness (QED) is 0.935. The molecule has 4 saturated heterocycles. The molecule has 4 aliphatic heterocycles. The molecule has 1 aromatic carbocycles. The Morgan fingerprint density at radius 1 is 1.08 bits per heavy atom. The Morgan fingerprint density at radius 2 is 1.84 bits per heavy atom. The minimum atomic E-state index is 0.632. The number of H-pyrrole nitrogens is 1. The average Bonchev–Trinajstić information content (AvgIpc) is 3.23. The Kier molecular flexibility index (Phi) is 3.72. The molecule has 0 radical (unpaired) electrons. The van der Waals surface area contributed by atoms with Gasteiger partial charge in [-0.05, 0) is 51.3 Å². The van der Waals surface area contributed by atoms with Crippen LogP contribution in [0, 0.1) is 19.8 Å². The number of fused-ring (bicyclic) bond motifs is 2. The number of nitrogens with zero attached hydrogens (tertiary/aromatic N) is 3. The fourth-order valence-electron chi connectivity index (χ4n) is 5.57. The highest BCUT2D eigenvalue weighted by Crippen LogP contribution is 2.46. The smallest absolute Gasteiger partial charge is 0.0925 e. The van der Waals surface area contributed by atoms with Gasteiger partial charge in [0.15, 0.2) is 0 Å². The number of rotatable bonds is 3. The van der Waals surface area contributed by atoms with E-state index in [2.05, 4.69) is 57.9 Å². The normalized spacial score (nSPS) is 34.4. The predicted molar refractivity (Wildman–Crippen MR) is 99.5 cm³/mol. The van der Waals surface area contributed by atoms with Crippen molar-refractivity contribution in [2.75, 3.05) is 19.6 Å². The van der Waals surface area contributed by atoms with Gasteiger partial charge in [-0.2, -0.15) is 0 Å². The summed E-state index contributed by atoms with van der Waals surface area (Å²) in [5.74, 6) is 1.50. The highest BCUT2D eigenvalue weighted by atomic mass is 15.3. The number of piperidine rings is 3. The van der Waals surface area contributed by atoms with Gasteiger partial charge in [-0.25, -0.2) is 4.98 Å². The van der Waals surface area contributed by atoms with Crippen molar-refractivity contribution >= 4 is 0 Å². The SMILES string of the molecule is Cc1ccc([C@@H]2CN(Cc3nc[nH]c3C)[C@H]3C4CCN(CC4)[C@@H]23)cc1. The lowest BCUT2D eigenvalue weighted by Gasteiger charge is -2.51. The zero-order chi connectivity index (χ0) is 17.0. The van der Waals surface area contributed by atoms with E-state index in [0.717, 1.165) is 19.0 Å². The molecule has 3 atom stereocenters. The molecule has 4 fully saturated rings. The molecule has 1 N–H and O–H groups in total. The molecule has 0 saturated carbocycles. The van der Waals surface area contributed by atoms with Crippen molar-refractivity contribution in [3.05, 3.63) is 53.1 Å². The molecule has 4 nitrogen and oxygen atoms in total. The maximum atomic E-state index is 4.58. The first-order valence-electron chi connectivity index (χ1n) is 9.74. The highest BCUT2D eigenvalue weighted by Gasteiger charge is 2.53. The van der Waals surface area contributed by atoms with E-state index >= 15 is 0 Å². The van der Waals surface area contributed by atoms with E-state index in [1.54, 1.807) is 0 Å². The van der Waals surface area contributed by atoms with E-state index < -0.39 is 0 Å². The molecule has 4 heteroatoms. The zero-order valence-electron chi connectivity index (χ0n) is 15.3. The van der Waals surface area contributed by atoms with Crippen molar-refractivity contribution in [3.8, 4) is 0 Å². The van der Waals surface area contributed by atoms with Crippen molar-refractivity contribution in [3.63, 3.8) is 0 Å². The fraction of sp³-hybridized carbons (Fsp3) is 0.571. The number of hydrogen-bond donors (Lipinski definition) is 1. The van der Waals surface area contributed by atoms with Crippen LogP contribution in [0.2, 0.25) is 0 Å². The predicted octanol–water partition coefficient (Wildman–Crippen LogP) is 3.09. The first kappa shape index (κ1) is 15.6. The molecule has 4 aliphatic rings. The van der Waals surface area contributed by atoms with Gasteiger partial charge in [0.25, 0.3) is 0 Å². The molecule has 6 rings (SSSR count). The molecule has 132 valence electrons. The van der Waals surface area contributed by atoms with Gasteiger partial charge in [-0.1, -0.05) is 29.8 Å². The van der Waals surface area contributed by atoms with Crippen LogP contribution in [0.4, 0.5) is 0 Å². The minimum absolute atomic E-state index is 0.632. The van der Waals surface area contributed by atoms with Crippen LogP contribution in [0.5, 0.6) is 0 Å². The Morgan fingerprint density at radius 3 is 2.52 bits per heavy atom. The molecule has 0 amide bonds. The van der Waals surface area contributed by atoms with Crippen molar-refractivity contribution in [2.24, 2.45) is 5.92 Å². The molecule has 5 heterocycles. The standard InChI is InChI=1S/C21H28N4/c1-14-3-5-16(6-4-14)18-11-25(12-19-15(2)22-13-23-19)20-17-7-9-24(10-8-17)21(18)20/h3-6,13,17-18,20-21H,7-12H2,1-2H3,(H,22,23)/t18-,20-,21-/m0/s1. The minimum Gasteiger partial charge on any atom is -0.348 e. The van der Waals surface area contributed by atoms with Crippen LogP contribution in [0.1, 0.15) is 41.3 Å². The summed E-state index contributed by atoms with van der Waals surface area (Å²) in [6.45, 7) is 9.07. The van der Waals surface area contributed by atoms with Gasteiger partial charge in [-0.15, -0.1) is 0 Å². The van der Waals surface area contributed by atoms with E-state index in [4.69, 9.17) is 0 Å². The van der Waals surface area contributed by atoms with E-state index in [-0.39, 0.29) is 0 Å². The van der Waals surface area contributed by atoms with Gasteiger partial charge in [0.05, 0.1) is 12.0 Å². The van der Waals surface area contributed by atoms with E-state index in [1.807, 2.05) is 6.33 Å². The summed E-state index contributed by atoms with van der Waals surface area (Å²) in [6, 6.07) is 10.7. The molecule has 0 spiro atoms. The van der Waals surface area contributed by atoms with E-state index in [1.165, 1.54) is 48.4 Å². The number of benzene rings is 1. The van der Waals surface area contributed by atoms with Gasteiger partial charge in [-0.3, -0.25) is 9.80 Å². The summed E-state index contributed by atoms with van der Waals surface area (Å²) in [5.41, 5.74) is 5.32. The Bertz CT molecular complexity index is 742. The van der Waals surface area contributed by atoms with Crippen LogP contribution < -0.4 is 0 Å². The van der Waals surface area contributed by atoms with E-state index in [0.29, 0.717) is 18.0 Å². The monoisotopic (exact) mass is 336 g/mol. The first-order chi connectivity index (χ1) is 12.2. The lowest BCUT2D eigenvalue weighted by molar-refractivity contribution is -0.00899. The molecule has 0 aliphatic carbocycles. The van der Waals surface area contributed by atoms with Gasteiger partial charge in [0, 0.05) is 36.8 Å². The van der Waals surface area contributed by atoms with Gasteiger partial charge < -0.3 is 4.98 Å². The fourth-order valence-corrected chi connectivity index (χ4v) is 5.57. The summed E-state index contributed by atoms with van der Waals surface area (Å²) in [7, 11) is 0. The van der Waals surface area contributed by atoms with Crippen molar-refractivity contribution in [1.29, 1.82) is 0 Å².